The van der Waals surface area contributed by atoms with Gasteiger partial charge in [0.15, 0.2) is 0 Å². The van der Waals surface area contributed by atoms with E-state index in [0.717, 1.165) is 37.0 Å². The number of nitrogens with two attached hydrogens (primary N) is 1. The van der Waals surface area contributed by atoms with Crippen LogP contribution in [-0.2, 0) is 9.59 Å². The Morgan fingerprint density at radius 1 is 1.19 bits per heavy atom. The van der Waals surface area contributed by atoms with E-state index < -0.39 is 11.9 Å². The first kappa shape index (κ1) is 14.8. The zero-order chi connectivity index (χ0) is 15.2. The normalized spacial score (nSPS) is 38.7. The van der Waals surface area contributed by atoms with Gasteiger partial charge in [-0.05, 0) is 56.3 Å². The molecule has 4 aliphatic carbocycles. The standard InChI is InChI=1S/C16H26N2O3/c1-10(15(20)21)8-18(9-14(17)19)16-5-11-2-12(6-16)4-13(3-11)7-16/h10-13H,2-9H2,1H3,(H2,17,19)(H,20,21). The highest BCUT2D eigenvalue weighted by Crippen LogP contribution is 2.57. The lowest BCUT2D eigenvalue weighted by Gasteiger charge is -2.60. The minimum absolute atomic E-state index is 0.0352. The number of carboxylic acid groups (broad SMARTS) is 1. The number of carbonyl (C=O) groups is 2. The molecule has 0 aliphatic heterocycles. The van der Waals surface area contributed by atoms with Crippen LogP contribution in [0, 0.1) is 23.7 Å². The number of hydrogen-bond acceptors (Lipinski definition) is 3. The molecule has 4 bridgehead atoms. The molecule has 1 amide bonds. The molecule has 0 radical (unpaired) electrons. The molecule has 0 saturated heterocycles. The monoisotopic (exact) mass is 294 g/mol. The maximum absolute atomic E-state index is 11.5. The first-order chi connectivity index (χ1) is 9.88. The molecular weight excluding hydrogens is 268 g/mol. The molecule has 3 N–H and O–H groups in total. The number of rotatable bonds is 6. The quantitative estimate of drug-likeness (QED) is 0.777. The van der Waals surface area contributed by atoms with Crippen molar-refractivity contribution in [1.29, 1.82) is 0 Å². The Hall–Kier alpha value is -1.10. The zero-order valence-corrected chi connectivity index (χ0v) is 12.8. The molecule has 4 saturated carbocycles. The average molecular weight is 294 g/mol. The van der Waals surface area contributed by atoms with Gasteiger partial charge in [-0.25, -0.2) is 0 Å². The van der Waals surface area contributed by atoms with E-state index in [4.69, 9.17) is 5.73 Å². The first-order valence-electron chi connectivity index (χ1n) is 8.14. The molecule has 21 heavy (non-hydrogen) atoms. The van der Waals surface area contributed by atoms with E-state index in [2.05, 4.69) is 4.90 Å². The predicted molar refractivity (Wildman–Crippen MR) is 78.5 cm³/mol. The van der Waals surface area contributed by atoms with Crippen molar-refractivity contribution in [1.82, 2.24) is 4.90 Å². The third kappa shape index (κ3) is 2.80. The van der Waals surface area contributed by atoms with E-state index in [0.29, 0.717) is 6.54 Å². The Morgan fingerprint density at radius 3 is 2.05 bits per heavy atom. The number of nitrogens with zero attached hydrogens (tertiary/aromatic N) is 1. The molecule has 0 heterocycles. The van der Waals surface area contributed by atoms with E-state index in [1.54, 1.807) is 6.92 Å². The summed E-state index contributed by atoms with van der Waals surface area (Å²) in [6.45, 7) is 2.35. The maximum atomic E-state index is 11.5. The van der Waals surface area contributed by atoms with Gasteiger partial charge in [0.05, 0.1) is 12.5 Å². The van der Waals surface area contributed by atoms with Crippen molar-refractivity contribution in [2.75, 3.05) is 13.1 Å². The minimum atomic E-state index is -0.797. The number of hydrogen-bond donors (Lipinski definition) is 2. The van der Waals surface area contributed by atoms with Crippen LogP contribution in [0.4, 0.5) is 0 Å². The number of aliphatic carboxylic acids is 1. The minimum Gasteiger partial charge on any atom is -0.481 e. The summed E-state index contributed by atoms with van der Waals surface area (Å²) in [4.78, 5) is 24.8. The summed E-state index contributed by atoms with van der Waals surface area (Å²) in [6, 6.07) is 0. The third-order valence-corrected chi connectivity index (χ3v) is 5.94. The van der Waals surface area contributed by atoms with Gasteiger partial charge in [0.1, 0.15) is 0 Å². The lowest BCUT2D eigenvalue weighted by Crippen LogP contribution is -2.62. The van der Waals surface area contributed by atoms with Gasteiger partial charge in [0.25, 0.3) is 0 Å². The van der Waals surface area contributed by atoms with Crippen molar-refractivity contribution in [2.24, 2.45) is 29.4 Å². The fraction of sp³-hybridized carbons (Fsp3) is 0.875. The SMILES string of the molecule is CC(CN(CC(N)=O)C12CC3CC(CC(C3)C1)C2)C(=O)O. The molecule has 0 spiro atoms. The summed E-state index contributed by atoms with van der Waals surface area (Å²) in [5, 5.41) is 9.20. The molecule has 0 aromatic heterocycles. The van der Waals surface area contributed by atoms with Crippen LogP contribution in [0.15, 0.2) is 0 Å². The molecule has 5 nitrogen and oxygen atoms in total. The smallest absolute Gasteiger partial charge is 0.307 e. The Kier molecular flexibility index (Phi) is 3.72. The predicted octanol–water partition coefficient (Wildman–Crippen LogP) is 1.46. The third-order valence-electron chi connectivity index (χ3n) is 5.94. The molecule has 1 atom stereocenters. The second kappa shape index (κ2) is 5.27. The number of amides is 1. The van der Waals surface area contributed by atoms with Crippen LogP contribution < -0.4 is 5.73 Å². The van der Waals surface area contributed by atoms with Crippen molar-refractivity contribution >= 4 is 11.9 Å². The van der Waals surface area contributed by atoms with Crippen LogP contribution in [0.3, 0.4) is 0 Å². The fourth-order valence-corrected chi connectivity index (χ4v) is 5.47. The molecule has 0 aromatic carbocycles. The fourth-order valence-electron chi connectivity index (χ4n) is 5.47. The van der Waals surface area contributed by atoms with Crippen LogP contribution in [0.2, 0.25) is 0 Å². The summed E-state index contributed by atoms with van der Waals surface area (Å²) < 4.78 is 0. The van der Waals surface area contributed by atoms with Crippen LogP contribution in [-0.4, -0.2) is 40.5 Å². The highest BCUT2D eigenvalue weighted by atomic mass is 16.4. The molecular formula is C16H26N2O3. The summed E-state index contributed by atoms with van der Waals surface area (Å²) in [5.41, 5.74) is 5.47. The molecule has 4 rings (SSSR count). The van der Waals surface area contributed by atoms with Crippen molar-refractivity contribution in [2.45, 2.75) is 51.0 Å². The van der Waals surface area contributed by atoms with Crippen molar-refractivity contribution in [3.05, 3.63) is 0 Å². The molecule has 4 fully saturated rings. The molecule has 118 valence electrons. The maximum Gasteiger partial charge on any atom is 0.307 e. The van der Waals surface area contributed by atoms with E-state index in [-0.39, 0.29) is 18.0 Å². The largest absolute Gasteiger partial charge is 0.481 e. The summed E-state index contributed by atoms with van der Waals surface area (Å²) >= 11 is 0. The van der Waals surface area contributed by atoms with Gasteiger partial charge in [-0.2, -0.15) is 0 Å². The van der Waals surface area contributed by atoms with Gasteiger partial charge in [-0.3, -0.25) is 14.5 Å². The number of primary amides is 1. The van der Waals surface area contributed by atoms with Crippen LogP contribution in [0.25, 0.3) is 0 Å². The van der Waals surface area contributed by atoms with Gasteiger partial charge in [-0.1, -0.05) is 6.92 Å². The molecule has 1 unspecified atom stereocenters. The van der Waals surface area contributed by atoms with Crippen LogP contribution in [0.1, 0.15) is 45.4 Å². The average Bonchev–Trinajstić information content (AvgIpc) is 2.35. The van der Waals surface area contributed by atoms with Crippen molar-refractivity contribution in [3.63, 3.8) is 0 Å². The first-order valence-corrected chi connectivity index (χ1v) is 8.14. The second-order valence-corrected chi connectivity index (χ2v) is 7.73. The topological polar surface area (TPSA) is 83.6 Å². The van der Waals surface area contributed by atoms with Crippen molar-refractivity contribution in [3.8, 4) is 0 Å². The van der Waals surface area contributed by atoms with E-state index >= 15 is 0 Å². The van der Waals surface area contributed by atoms with E-state index in [1.165, 1.54) is 19.3 Å². The molecule has 4 aliphatic rings. The molecule has 0 aromatic rings. The second-order valence-electron chi connectivity index (χ2n) is 7.73. The van der Waals surface area contributed by atoms with Gasteiger partial charge < -0.3 is 10.8 Å². The Morgan fingerprint density at radius 2 is 1.67 bits per heavy atom. The van der Waals surface area contributed by atoms with Crippen molar-refractivity contribution < 1.29 is 14.7 Å². The highest BCUT2D eigenvalue weighted by Gasteiger charge is 2.53. The highest BCUT2D eigenvalue weighted by molar-refractivity contribution is 5.76. The summed E-state index contributed by atoms with van der Waals surface area (Å²) in [5.74, 6) is 0.708. The van der Waals surface area contributed by atoms with Gasteiger partial charge in [0, 0.05) is 12.1 Å². The van der Waals surface area contributed by atoms with Gasteiger partial charge in [-0.15, -0.1) is 0 Å². The zero-order valence-electron chi connectivity index (χ0n) is 12.8. The Bertz CT molecular complexity index is 414. The summed E-state index contributed by atoms with van der Waals surface area (Å²) in [6.07, 6.45) is 7.37. The van der Waals surface area contributed by atoms with Gasteiger partial charge in [0.2, 0.25) is 5.91 Å². The van der Waals surface area contributed by atoms with Crippen LogP contribution in [0.5, 0.6) is 0 Å². The Balaban J connectivity index is 1.81. The Labute approximate surface area is 125 Å². The van der Waals surface area contributed by atoms with Crippen LogP contribution >= 0.6 is 0 Å². The lowest BCUT2D eigenvalue weighted by atomic mass is 9.52. The number of carbonyl (C=O) groups excluding carboxylic acids is 1. The molecule has 5 heteroatoms. The number of carboxylic acids is 1. The van der Waals surface area contributed by atoms with Gasteiger partial charge >= 0.3 is 5.97 Å². The van der Waals surface area contributed by atoms with E-state index in [1.807, 2.05) is 0 Å². The van der Waals surface area contributed by atoms with E-state index in [9.17, 15) is 14.7 Å². The summed E-state index contributed by atoms with van der Waals surface area (Å²) in [7, 11) is 0. The lowest BCUT2D eigenvalue weighted by molar-refractivity contribution is -0.146.